The van der Waals surface area contributed by atoms with Gasteiger partial charge in [0.1, 0.15) is 4.21 Å². The summed E-state index contributed by atoms with van der Waals surface area (Å²) in [7, 11) is -1.55. The molecule has 0 saturated heterocycles. The second-order valence-corrected chi connectivity index (χ2v) is 8.74. The number of rotatable bonds is 0. The molecule has 0 aromatic carbocycles. The van der Waals surface area contributed by atoms with Gasteiger partial charge in [-0.05, 0) is 13.8 Å². The van der Waals surface area contributed by atoms with Gasteiger partial charge in [-0.25, -0.2) is 8.42 Å². The molecule has 1 aliphatic heterocycles. The number of sulfonamides is 1. The van der Waals surface area contributed by atoms with E-state index in [2.05, 4.69) is 13.8 Å². The number of hydrogen-bond acceptors (Lipinski definition) is 4. The molecule has 1 aliphatic rings. The molecule has 3 nitrogen and oxygen atoms in total. The maximum Gasteiger partial charge on any atom is 0.252 e. The number of fused-ring (bicyclic) bond motifs is 3. The Morgan fingerprint density at radius 2 is 1.88 bits per heavy atom. The Labute approximate surface area is 102 Å². The quantitative estimate of drug-likeness (QED) is 0.740. The fourth-order valence-electron chi connectivity index (χ4n) is 2.19. The molecule has 0 N–H and O–H groups in total. The summed E-state index contributed by atoms with van der Waals surface area (Å²) < 4.78 is 27.2. The van der Waals surface area contributed by atoms with E-state index in [1.54, 1.807) is 18.4 Å². The van der Waals surface area contributed by atoms with Crippen LogP contribution in [-0.4, -0.2) is 19.8 Å². The first-order chi connectivity index (χ1) is 7.43. The lowest BCUT2D eigenvalue weighted by atomic mass is 10.2. The Morgan fingerprint density at radius 1 is 1.19 bits per heavy atom. The van der Waals surface area contributed by atoms with Gasteiger partial charge in [0.05, 0.1) is 0 Å². The van der Waals surface area contributed by atoms with Gasteiger partial charge in [0, 0.05) is 39.0 Å². The largest absolute Gasteiger partial charge is 0.252 e. The van der Waals surface area contributed by atoms with Crippen LogP contribution in [0, 0.1) is 13.8 Å². The summed E-state index contributed by atoms with van der Waals surface area (Å²) in [4.78, 5) is 2.46. The maximum absolute atomic E-state index is 12.0. The molecule has 2 aromatic rings. The highest BCUT2D eigenvalue weighted by atomic mass is 32.2. The van der Waals surface area contributed by atoms with Crippen LogP contribution in [0.1, 0.15) is 15.3 Å². The molecule has 0 fully saturated rings. The van der Waals surface area contributed by atoms with Gasteiger partial charge in [0.25, 0.3) is 10.0 Å². The first-order valence-corrected chi connectivity index (χ1v) is 7.98. The highest BCUT2D eigenvalue weighted by Crippen LogP contribution is 2.46. The van der Waals surface area contributed by atoms with Crippen LogP contribution in [0.3, 0.4) is 0 Å². The van der Waals surface area contributed by atoms with Crippen molar-refractivity contribution in [3.05, 3.63) is 15.3 Å². The fraction of sp³-hybridized carbons (Fsp3) is 0.400. The summed E-state index contributed by atoms with van der Waals surface area (Å²) in [6.45, 7) is 4.65. The monoisotopic (exact) mass is 273 g/mol. The molecule has 0 bridgehead atoms. The minimum absolute atomic E-state index is 0.522. The molecule has 0 amide bonds. The fourth-order valence-corrected chi connectivity index (χ4v) is 6.60. The van der Waals surface area contributed by atoms with Crippen LogP contribution in [0.25, 0.3) is 10.1 Å². The minimum Gasteiger partial charge on any atom is -0.206 e. The zero-order chi connectivity index (χ0) is 11.7. The summed E-state index contributed by atoms with van der Waals surface area (Å²) in [6, 6.07) is 0. The molecule has 2 aromatic heterocycles. The first kappa shape index (κ1) is 10.7. The average Bonchev–Trinajstić information content (AvgIpc) is 2.73. The Kier molecular flexibility index (Phi) is 2.05. The molecule has 0 aliphatic carbocycles. The summed E-state index contributed by atoms with van der Waals surface area (Å²) in [5.74, 6) is 0. The minimum atomic E-state index is -3.19. The lowest BCUT2D eigenvalue weighted by Gasteiger charge is -2.05. The number of thiophene rings is 2. The van der Waals surface area contributed by atoms with Crippen molar-refractivity contribution in [3.8, 4) is 0 Å². The van der Waals surface area contributed by atoms with Crippen LogP contribution >= 0.6 is 22.7 Å². The maximum atomic E-state index is 12.0. The van der Waals surface area contributed by atoms with E-state index in [4.69, 9.17) is 0 Å². The number of nitrogens with zero attached hydrogens (tertiary/aromatic N) is 1. The van der Waals surface area contributed by atoms with Crippen molar-refractivity contribution in [2.45, 2.75) is 24.6 Å². The Hall–Kier alpha value is -0.430. The van der Waals surface area contributed by atoms with Crippen molar-refractivity contribution < 1.29 is 8.42 Å². The first-order valence-electron chi connectivity index (χ1n) is 4.90. The van der Waals surface area contributed by atoms with Crippen LogP contribution in [0.2, 0.25) is 0 Å². The molecule has 3 heterocycles. The lowest BCUT2D eigenvalue weighted by Crippen LogP contribution is -2.18. The van der Waals surface area contributed by atoms with Crippen LogP contribution in [0.4, 0.5) is 0 Å². The molecule has 0 atom stereocenters. The summed E-state index contributed by atoms with van der Waals surface area (Å²) in [5.41, 5.74) is 1.00. The van der Waals surface area contributed by atoms with Gasteiger partial charge in [-0.3, -0.25) is 0 Å². The van der Waals surface area contributed by atoms with Crippen molar-refractivity contribution in [1.29, 1.82) is 0 Å². The van der Waals surface area contributed by atoms with E-state index in [-0.39, 0.29) is 0 Å². The zero-order valence-corrected chi connectivity index (χ0v) is 11.6. The topological polar surface area (TPSA) is 37.4 Å². The Balaban J connectivity index is 2.47. The van der Waals surface area contributed by atoms with Gasteiger partial charge in [-0.15, -0.1) is 22.7 Å². The second-order valence-electron chi connectivity index (χ2n) is 4.05. The van der Waals surface area contributed by atoms with Gasteiger partial charge < -0.3 is 0 Å². The van der Waals surface area contributed by atoms with E-state index < -0.39 is 10.0 Å². The van der Waals surface area contributed by atoms with Crippen LogP contribution in [0.5, 0.6) is 0 Å². The van der Waals surface area contributed by atoms with Crippen molar-refractivity contribution in [1.82, 2.24) is 4.31 Å². The predicted molar refractivity (Wildman–Crippen MR) is 67.8 cm³/mol. The predicted octanol–water partition coefficient (Wildman–Crippen LogP) is 2.71. The summed E-state index contributed by atoms with van der Waals surface area (Å²) in [6.07, 6.45) is 0. The molecular weight excluding hydrogens is 262 g/mol. The van der Waals surface area contributed by atoms with Crippen molar-refractivity contribution in [2.75, 3.05) is 7.05 Å². The van der Waals surface area contributed by atoms with E-state index in [9.17, 15) is 8.42 Å². The third-order valence-corrected chi connectivity index (χ3v) is 7.82. The van der Waals surface area contributed by atoms with Crippen molar-refractivity contribution in [3.63, 3.8) is 0 Å². The summed E-state index contributed by atoms with van der Waals surface area (Å²) in [5, 5.41) is 1.18. The van der Waals surface area contributed by atoms with E-state index >= 15 is 0 Å². The second kappa shape index (κ2) is 3.07. The molecule has 0 unspecified atom stereocenters. The summed E-state index contributed by atoms with van der Waals surface area (Å²) >= 11 is 3.18. The highest BCUT2D eigenvalue weighted by Gasteiger charge is 2.36. The van der Waals surface area contributed by atoms with Gasteiger partial charge in [-0.2, -0.15) is 4.31 Å². The molecule has 3 rings (SSSR count). The van der Waals surface area contributed by atoms with Gasteiger partial charge >= 0.3 is 0 Å². The van der Waals surface area contributed by atoms with E-state index in [1.165, 1.54) is 30.8 Å². The molecule has 86 valence electrons. The smallest absolute Gasteiger partial charge is 0.206 e. The van der Waals surface area contributed by atoms with Gasteiger partial charge in [0.15, 0.2) is 0 Å². The van der Waals surface area contributed by atoms with E-state index in [0.29, 0.717) is 10.8 Å². The average molecular weight is 273 g/mol. The van der Waals surface area contributed by atoms with Gasteiger partial charge in [-0.1, -0.05) is 0 Å². The van der Waals surface area contributed by atoms with E-state index in [1.807, 2.05) is 0 Å². The molecule has 16 heavy (non-hydrogen) atoms. The van der Waals surface area contributed by atoms with Crippen molar-refractivity contribution in [2.24, 2.45) is 0 Å². The highest BCUT2D eigenvalue weighted by molar-refractivity contribution is 7.91. The Morgan fingerprint density at radius 3 is 2.56 bits per heavy atom. The lowest BCUT2D eigenvalue weighted by molar-refractivity contribution is 0.489. The number of hydrogen-bond donors (Lipinski definition) is 0. The SMILES string of the molecule is Cc1sc(C)c2c3c(sc12)S(=O)(=O)N(C)C3. The molecular formula is C10H11NO2S3. The van der Waals surface area contributed by atoms with Crippen LogP contribution < -0.4 is 0 Å². The molecule has 0 saturated carbocycles. The van der Waals surface area contributed by atoms with Crippen molar-refractivity contribution >= 4 is 42.8 Å². The molecule has 0 spiro atoms. The van der Waals surface area contributed by atoms with Crippen LogP contribution in [-0.2, 0) is 16.6 Å². The zero-order valence-electron chi connectivity index (χ0n) is 9.20. The third kappa shape index (κ3) is 1.13. The van der Waals surface area contributed by atoms with E-state index in [0.717, 1.165) is 10.3 Å². The molecule has 0 radical (unpaired) electrons. The normalized spacial score (nSPS) is 19.4. The van der Waals surface area contributed by atoms with Crippen LogP contribution in [0.15, 0.2) is 4.21 Å². The van der Waals surface area contributed by atoms with Gasteiger partial charge in [0.2, 0.25) is 0 Å². The third-order valence-electron chi connectivity index (χ3n) is 2.97. The standard InChI is InChI=1S/C10H11NO2S3/c1-5-8-7-4-11(3)16(12,13)10(7)15-9(8)6(2)14-5/h4H2,1-3H3. The number of aryl methyl sites for hydroxylation is 2. The molecule has 6 heteroatoms. The Bertz CT molecular complexity index is 693.